The maximum Gasteiger partial charge on any atom is 0.171 e. The number of nitrogens with zero attached hydrogens (tertiary/aromatic N) is 2. The van der Waals surface area contributed by atoms with Gasteiger partial charge in [-0.15, -0.1) is 0 Å². The second-order valence-electron chi connectivity index (χ2n) is 4.70. The Morgan fingerprint density at radius 1 is 1.44 bits per heavy atom. The Hall–Kier alpha value is -1.29. The fourth-order valence-corrected chi connectivity index (χ4v) is 1.62. The number of hydrogen-bond donors (Lipinski definition) is 1. The van der Waals surface area contributed by atoms with Gasteiger partial charge < -0.3 is 15.0 Å². The molecule has 0 bridgehead atoms. The van der Waals surface area contributed by atoms with E-state index >= 15 is 0 Å². The lowest BCUT2D eigenvalue weighted by Gasteiger charge is -2.21. The first-order valence-electron chi connectivity index (χ1n) is 6.67. The highest BCUT2D eigenvalue weighted by atomic mass is 16.5. The number of rotatable bonds is 8. The van der Waals surface area contributed by atoms with Crippen LogP contribution in [0.25, 0.3) is 0 Å². The van der Waals surface area contributed by atoms with Crippen LogP contribution in [0.1, 0.15) is 27.2 Å². The molecule has 0 aliphatic rings. The first-order chi connectivity index (χ1) is 8.65. The molecule has 4 heteroatoms. The molecule has 0 amide bonds. The summed E-state index contributed by atoms with van der Waals surface area (Å²) in [6.07, 6.45) is 2.81. The van der Waals surface area contributed by atoms with Crippen LogP contribution < -0.4 is 15.0 Å². The van der Waals surface area contributed by atoms with Gasteiger partial charge in [-0.05, 0) is 18.6 Å². The van der Waals surface area contributed by atoms with E-state index in [0.29, 0.717) is 6.04 Å². The lowest BCUT2D eigenvalue weighted by molar-refractivity contribution is 0.316. The van der Waals surface area contributed by atoms with Crippen molar-refractivity contribution in [1.82, 2.24) is 10.3 Å². The van der Waals surface area contributed by atoms with Crippen LogP contribution in [0.15, 0.2) is 18.3 Å². The standard InChI is InChI=1S/C14H25N3O/c1-5-11-18-13-7-6-8-16-14(13)17(4)10-9-15-12(2)3/h6-8,12,15H,5,9-11H2,1-4H3. The second kappa shape index (κ2) is 7.93. The number of hydrogen-bond acceptors (Lipinski definition) is 4. The van der Waals surface area contributed by atoms with Crippen molar-refractivity contribution in [3.8, 4) is 5.75 Å². The van der Waals surface area contributed by atoms with Gasteiger partial charge in [0.25, 0.3) is 0 Å². The van der Waals surface area contributed by atoms with Crippen molar-refractivity contribution in [3.63, 3.8) is 0 Å². The first-order valence-corrected chi connectivity index (χ1v) is 6.67. The predicted molar refractivity (Wildman–Crippen MR) is 76.4 cm³/mol. The predicted octanol–water partition coefficient (Wildman–Crippen LogP) is 2.30. The van der Waals surface area contributed by atoms with E-state index in [9.17, 15) is 0 Å². The number of ether oxygens (including phenoxy) is 1. The molecular formula is C14H25N3O. The van der Waals surface area contributed by atoms with Crippen molar-refractivity contribution >= 4 is 5.82 Å². The number of pyridine rings is 1. The van der Waals surface area contributed by atoms with Gasteiger partial charge in [0.15, 0.2) is 11.6 Å². The summed E-state index contributed by atoms with van der Waals surface area (Å²) in [5.74, 6) is 1.78. The molecule has 4 nitrogen and oxygen atoms in total. The zero-order valence-corrected chi connectivity index (χ0v) is 11.9. The number of likely N-dealkylation sites (N-methyl/N-ethyl adjacent to an activating group) is 1. The van der Waals surface area contributed by atoms with Gasteiger partial charge in [0, 0.05) is 32.4 Å². The van der Waals surface area contributed by atoms with E-state index in [1.54, 1.807) is 6.20 Å². The van der Waals surface area contributed by atoms with Gasteiger partial charge in [-0.1, -0.05) is 20.8 Å². The van der Waals surface area contributed by atoms with Crippen LogP contribution in [-0.2, 0) is 0 Å². The van der Waals surface area contributed by atoms with Crippen molar-refractivity contribution in [1.29, 1.82) is 0 Å². The van der Waals surface area contributed by atoms with Crippen molar-refractivity contribution in [2.75, 3.05) is 31.6 Å². The first kappa shape index (κ1) is 14.8. The average Bonchev–Trinajstić information content (AvgIpc) is 2.36. The maximum atomic E-state index is 5.71. The lowest BCUT2D eigenvalue weighted by Crippen LogP contribution is -2.33. The number of nitrogens with one attached hydrogen (secondary N) is 1. The number of aromatic nitrogens is 1. The molecule has 0 aliphatic heterocycles. The van der Waals surface area contributed by atoms with E-state index in [2.05, 4.69) is 36.0 Å². The van der Waals surface area contributed by atoms with Crippen LogP contribution in [0.5, 0.6) is 5.75 Å². The Bertz CT molecular complexity index is 342. The van der Waals surface area contributed by atoms with Crippen molar-refractivity contribution in [3.05, 3.63) is 18.3 Å². The van der Waals surface area contributed by atoms with Crippen LogP contribution in [0, 0.1) is 0 Å². The van der Waals surface area contributed by atoms with Crippen LogP contribution in [0.4, 0.5) is 5.82 Å². The third kappa shape index (κ3) is 4.92. The smallest absolute Gasteiger partial charge is 0.171 e. The number of anilines is 1. The Labute approximate surface area is 110 Å². The van der Waals surface area contributed by atoms with E-state index in [4.69, 9.17) is 4.74 Å². The quantitative estimate of drug-likeness (QED) is 0.769. The van der Waals surface area contributed by atoms with Crippen molar-refractivity contribution in [2.24, 2.45) is 0 Å². The normalized spacial score (nSPS) is 10.7. The van der Waals surface area contributed by atoms with E-state index in [1.165, 1.54) is 0 Å². The minimum atomic E-state index is 0.512. The summed E-state index contributed by atoms with van der Waals surface area (Å²) in [6.45, 7) is 8.99. The molecule has 1 aromatic rings. The van der Waals surface area contributed by atoms with Crippen LogP contribution in [0.3, 0.4) is 0 Å². The van der Waals surface area contributed by atoms with E-state index in [-0.39, 0.29) is 0 Å². The Morgan fingerprint density at radius 2 is 2.22 bits per heavy atom. The molecule has 0 atom stereocenters. The summed E-state index contributed by atoms with van der Waals surface area (Å²) in [5, 5.41) is 3.40. The molecule has 0 unspecified atom stereocenters. The zero-order valence-electron chi connectivity index (χ0n) is 11.9. The average molecular weight is 251 g/mol. The molecular weight excluding hydrogens is 226 g/mol. The third-order valence-electron chi connectivity index (χ3n) is 2.57. The largest absolute Gasteiger partial charge is 0.490 e. The molecule has 0 saturated heterocycles. The molecule has 1 rings (SSSR count). The minimum Gasteiger partial charge on any atom is -0.490 e. The van der Waals surface area contributed by atoms with Gasteiger partial charge in [0.05, 0.1) is 6.61 Å². The summed E-state index contributed by atoms with van der Waals surface area (Å²) < 4.78 is 5.71. The van der Waals surface area contributed by atoms with Gasteiger partial charge in [-0.2, -0.15) is 0 Å². The third-order valence-corrected chi connectivity index (χ3v) is 2.57. The van der Waals surface area contributed by atoms with Gasteiger partial charge >= 0.3 is 0 Å². The van der Waals surface area contributed by atoms with Crippen LogP contribution >= 0.6 is 0 Å². The van der Waals surface area contributed by atoms with Gasteiger partial charge in [-0.25, -0.2) is 4.98 Å². The molecule has 0 fully saturated rings. The van der Waals surface area contributed by atoms with E-state index < -0.39 is 0 Å². The van der Waals surface area contributed by atoms with Crippen molar-refractivity contribution in [2.45, 2.75) is 33.2 Å². The van der Waals surface area contributed by atoms with Gasteiger partial charge in [0.1, 0.15) is 0 Å². The lowest BCUT2D eigenvalue weighted by atomic mass is 10.3. The van der Waals surface area contributed by atoms with Crippen LogP contribution in [0.2, 0.25) is 0 Å². The highest BCUT2D eigenvalue weighted by Crippen LogP contribution is 2.23. The topological polar surface area (TPSA) is 37.4 Å². The molecule has 1 heterocycles. The molecule has 18 heavy (non-hydrogen) atoms. The Balaban J connectivity index is 2.57. The fraction of sp³-hybridized carbons (Fsp3) is 0.643. The summed E-state index contributed by atoms with van der Waals surface area (Å²) in [5.41, 5.74) is 0. The Morgan fingerprint density at radius 3 is 2.89 bits per heavy atom. The summed E-state index contributed by atoms with van der Waals surface area (Å²) in [6, 6.07) is 4.40. The molecule has 0 spiro atoms. The van der Waals surface area contributed by atoms with E-state index in [0.717, 1.165) is 37.7 Å². The minimum absolute atomic E-state index is 0.512. The van der Waals surface area contributed by atoms with Crippen molar-refractivity contribution < 1.29 is 4.74 Å². The summed E-state index contributed by atoms with van der Waals surface area (Å²) in [7, 11) is 2.04. The summed E-state index contributed by atoms with van der Waals surface area (Å²) >= 11 is 0. The molecule has 0 saturated carbocycles. The Kier molecular flexibility index (Phi) is 6.50. The highest BCUT2D eigenvalue weighted by Gasteiger charge is 2.09. The zero-order chi connectivity index (χ0) is 13.4. The molecule has 0 aliphatic carbocycles. The second-order valence-corrected chi connectivity index (χ2v) is 4.70. The van der Waals surface area contributed by atoms with Gasteiger partial charge in [-0.3, -0.25) is 0 Å². The fourth-order valence-electron chi connectivity index (χ4n) is 1.62. The molecule has 1 N–H and O–H groups in total. The SMILES string of the molecule is CCCOc1cccnc1N(C)CCNC(C)C. The molecule has 0 radical (unpaired) electrons. The maximum absolute atomic E-state index is 5.71. The molecule has 102 valence electrons. The summed E-state index contributed by atoms with van der Waals surface area (Å²) in [4.78, 5) is 6.53. The molecule has 1 aromatic heterocycles. The highest BCUT2D eigenvalue weighted by molar-refractivity contribution is 5.51. The van der Waals surface area contributed by atoms with Crippen LogP contribution in [-0.4, -0.2) is 37.8 Å². The molecule has 0 aromatic carbocycles. The van der Waals surface area contributed by atoms with E-state index in [1.807, 2.05) is 19.2 Å². The monoisotopic (exact) mass is 251 g/mol. The van der Waals surface area contributed by atoms with Gasteiger partial charge in [0.2, 0.25) is 0 Å².